The molecule has 2 aromatic rings. The molecule has 1 saturated heterocycles. The number of para-hydroxylation sites is 2. The number of carbonyl (C=O) groups is 1. The SMILES string of the molecule is C[C@@H](Oc1ccc(C#N)cc1)C(=O)Nc1ccccc1N1CCCC1. The van der Waals surface area contributed by atoms with Crippen LogP contribution in [-0.2, 0) is 4.79 Å². The van der Waals surface area contributed by atoms with Crippen molar-refractivity contribution in [3.05, 3.63) is 54.1 Å². The van der Waals surface area contributed by atoms with Gasteiger partial charge in [-0.25, -0.2) is 0 Å². The van der Waals surface area contributed by atoms with Gasteiger partial charge in [-0.3, -0.25) is 4.79 Å². The predicted octanol–water partition coefficient (Wildman–Crippen LogP) is 3.56. The Hall–Kier alpha value is -3.00. The molecule has 5 heteroatoms. The van der Waals surface area contributed by atoms with Gasteiger partial charge in [0, 0.05) is 13.1 Å². The monoisotopic (exact) mass is 335 g/mol. The first-order chi connectivity index (χ1) is 12.2. The number of carbonyl (C=O) groups excluding carboxylic acids is 1. The fourth-order valence-corrected chi connectivity index (χ4v) is 2.91. The summed E-state index contributed by atoms with van der Waals surface area (Å²) in [6.07, 6.45) is 1.72. The molecule has 3 rings (SSSR count). The van der Waals surface area contributed by atoms with Gasteiger partial charge in [-0.05, 0) is 56.2 Å². The van der Waals surface area contributed by atoms with Crippen LogP contribution in [0.1, 0.15) is 25.3 Å². The van der Waals surface area contributed by atoms with E-state index in [0.717, 1.165) is 24.5 Å². The van der Waals surface area contributed by atoms with Crippen molar-refractivity contribution in [1.82, 2.24) is 0 Å². The van der Waals surface area contributed by atoms with Crippen LogP contribution in [0.5, 0.6) is 5.75 Å². The summed E-state index contributed by atoms with van der Waals surface area (Å²) in [7, 11) is 0. The lowest BCUT2D eigenvalue weighted by atomic mass is 10.2. The minimum atomic E-state index is -0.639. The van der Waals surface area contributed by atoms with E-state index in [4.69, 9.17) is 10.00 Å². The molecule has 1 aliphatic rings. The molecule has 1 N–H and O–H groups in total. The second kappa shape index (κ2) is 7.71. The summed E-state index contributed by atoms with van der Waals surface area (Å²) in [5.74, 6) is 0.366. The van der Waals surface area contributed by atoms with Crippen molar-refractivity contribution < 1.29 is 9.53 Å². The lowest BCUT2D eigenvalue weighted by Crippen LogP contribution is -2.31. The number of nitrogens with zero attached hydrogens (tertiary/aromatic N) is 2. The van der Waals surface area contributed by atoms with Crippen LogP contribution in [0.4, 0.5) is 11.4 Å². The Bertz CT molecular complexity index is 774. The molecule has 1 aliphatic heterocycles. The highest BCUT2D eigenvalue weighted by Crippen LogP contribution is 2.28. The third-order valence-corrected chi connectivity index (χ3v) is 4.27. The van der Waals surface area contributed by atoms with Crippen LogP contribution < -0.4 is 15.0 Å². The smallest absolute Gasteiger partial charge is 0.265 e. The van der Waals surface area contributed by atoms with Crippen molar-refractivity contribution in [2.45, 2.75) is 25.9 Å². The van der Waals surface area contributed by atoms with E-state index >= 15 is 0 Å². The molecule has 1 atom stereocenters. The third-order valence-electron chi connectivity index (χ3n) is 4.27. The molecule has 25 heavy (non-hydrogen) atoms. The quantitative estimate of drug-likeness (QED) is 0.907. The fraction of sp³-hybridized carbons (Fsp3) is 0.300. The maximum atomic E-state index is 12.5. The predicted molar refractivity (Wildman–Crippen MR) is 97.8 cm³/mol. The van der Waals surface area contributed by atoms with Gasteiger partial charge < -0.3 is 15.0 Å². The summed E-state index contributed by atoms with van der Waals surface area (Å²) in [5, 5.41) is 11.8. The van der Waals surface area contributed by atoms with Crippen LogP contribution in [0, 0.1) is 11.3 Å². The zero-order valence-corrected chi connectivity index (χ0v) is 14.2. The maximum absolute atomic E-state index is 12.5. The number of amides is 1. The summed E-state index contributed by atoms with van der Waals surface area (Å²) in [4.78, 5) is 14.8. The Labute approximate surface area is 147 Å². The van der Waals surface area contributed by atoms with E-state index in [0.29, 0.717) is 11.3 Å². The molecular formula is C20H21N3O2. The van der Waals surface area contributed by atoms with Gasteiger partial charge in [0.05, 0.1) is 23.0 Å². The van der Waals surface area contributed by atoms with Gasteiger partial charge in [-0.2, -0.15) is 5.26 Å². The van der Waals surface area contributed by atoms with E-state index in [1.807, 2.05) is 24.3 Å². The minimum Gasteiger partial charge on any atom is -0.481 e. The first-order valence-corrected chi connectivity index (χ1v) is 8.49. The second-order valence-corrected chi connectivity index (χ2v) is 6.10. The van der Waals surface area contributed by atoms with Crippen LogP contribution in [0.2, 0.25) is 0 Å². The van der Waals surface area contributed by atoms with E-state index in [1.54, 1.807) is 31.2 Å². The highest BCUT2D eigenvalue weighted by molar-refractivity contribution is 5.97. The number of hydrogen-bond acceptors (Lipinski definition) is 4. The van der Waals surface area contributed by atoms with Crippen molar-refractivity contribution >= 4 is 17.3 Å². The topological polar surface area (TPSA) is 65.4 Å². The molecule has 2 aromatic carbocycles. The normalized spacial score (nSPS) is 14.6. The van der Waals surface area contributed by atoms with Crippen molar-refractivity contribution in [2.24, 2.45) is 0 Å². The zero-order chi connectivity index (χ0) is 17.6. The van der Waals surface area contributed by atoms with Gasteiger partial charge in [0.2, 0.25) is 0 Å². The Morgan fingerprint density at radius 3 is 2.52 bits per heavy atom. The summed E-state index contributed by atoms with van der Waals surface area (Å²) >= 11 is 0. The highest BCUT2D eigenvalue weighted by atomic mass is 16.5. The molecule has 1 heterocycles. The Balaban J connectivity index is 1.66. The third kappa shape index (κ3) is 4.10. The Kier molecular flexibility index (Phi) is 5.20. The number of nitriles is 1. The molecule has 0 aliphatic carbocycles. The van der Waals surface area contributed by atoms with Crippen LogP contribution in [0.25, 0.3) is 0 Å². The number of anilines is 2. The Morgan fingerprint density at radius 1 is 1.16 bits per heavy atom. The van der Waals surface area contributed by atoms with Crippen LogP contribution >= 0.6 is 0 Å². The zero-order valence-electron chi connectivity index (χ0n) is 14.2. The van der Waals surface area contributed by atoms with Crippen LogP contribution in [0.15, 0.2) is 48.5 Å². The number of rotatable bonds is 5. The first-order valence-electron chi connectivity index (χ1n) is 8.49. The summed E-state index contributed by atoms with van der Waals surface area (Å²) in [6.45, 7) is 3.75. The van der Waals surface area contributed by atoms with E-state index in [2.05, 4.69) is 16.3 Å². The number of ether oxygens (including phenoxy) is 1. The summed E-state index contributed by atoms with van der Waals surface area (Å²) in [6, 6.07) is 16.6. The number of nitrogens with one attached hydrogen (secondary N) is 1. The lowest BCUT2D eigenvalue weighted by Gasteiger charge is -2.22. The van der Waals surface area contributed by atoms with Crippen molar-refractivity contribution in [3.63, 3.8) is 0 Å². The number of benzene rings is 2. The van der Waals surface area contributed by atoms with Crippen molar-refractivity contribution in [2.75, 3.05) is 23.3 Å². The van der Waals surface area contributed by atoms with E-state index < -0.39 is 6.10 Å². The van der Waals surface area contributed by atoms with Gasteiger partial charge >= 0.3 is 0 Å². The largest absolute Gasteiger partial charge is 0.481 e. The molecule has 5 nitrogen and oxygen atoms in total. The molecule has 0 aromatic heterocycles. The van der Waals surface area contributed by atoms with Gasteiger partial charge in [0.1, 0.15) is 5.75 Å². The molecule has 1 fully saturated rings. The molecule has 1 amide bonds. The molecule has 128 valence electrons. The summed E-state index contributed by atoms with van der Waals surface area (Å²) in [5.41, 5.74) is 2.42. The highest BCUT2D eigenvalue weighted by Gasteiger charge is 2.19. The van der Waals surface area contributed by atoms with E-state index in [9.17, 15) is 4.79 Å². The Morgan fingerprint density at radius 2 is 1.84 bits per heavy atom. The minimum absolute atomic E-state index is 0.198. The molecular weight excluding hydrogens is 314 g/mol. The van der Waals surface area contributed by atoms with Gasteiger partial charge in [0.15, 0.2) is 6.10 Å². The molecule has 0 saturated carbocycles. The first kappa shape index (κ1) is 16.8. The van der Waals surface area contributed by atoms with Gasteiger partial charge in [0.25, 0.3) is 5.91 Å². The molecule has 0 radical (unpaired) electrons. The second-order valence-electron chi connectivity index (χ2n) is 6.10. The lowest BCUT2D eigenvalue weighted by molar-refractivity contribution is -0.122. The number of hydrogen-bond donors (Lipinski definition) is 1. The molecule has 0 spiro atoms. The van der Waals surface area contributed by atoms with Gasteiger partial charge in [-0.15, -0.1) is 0 Å². The fourth-order valence-electron chi connectivity index (χ4n) is 2.91. The summed E-state index contributed by atoms with van der Waals surface area (Å²) < 4.78 is 5.68. The standard InChI is InChI=1S/C20H21N3O2/c1-15(25-17-10-8-16(14-21)9-11-17)20(24)22-18-6-2-3-7-19(18)23-12-4-5-13-23/h2-3,6-11,15H,4-5,12-13H2,1H3,(H,22,24)/t15-/m1/s1. The van der Waals surface area contributed by atoms with Crippen molar-refractivity contribution in [3.8, 4) is 11.8 Å². The van der Waals surface area contributed by atoms with E-state index in [1.165, 1.54) is 12.8 Å². The molecule has 0 unspecified atom stereocenters. The van der Waals surface area contributed by atoms with Gasteiger partial charge in [-0.1, -0.05) is 12.1 Å². The van der Waals surface area contributed by atoms with E-state index in [-0.39, 0.29) is 5.91 Å². The maximum Gasteiger partial charge on any atom is 0.265 e. The van der Waals surface area contributed by atoms with Crippen LogP contribution in [-0.4, -0.2) is 25.1 Å². The average Bonchev–Trinajstić information content (AvgIpc) is 3.17. The average molecular weight is 335 g/mol. The van der Waals surface area contributed by atoms with Crippen molar-refractivity contribution in [1.29, 1.82) is 5.26 Å². The molecule has 0 bridgehead atoms. The van der Waals surface area contributed by atoms with Crippen LogP contribution in [0.3, 0.4) is 0 Å².